The van der Waals surface area contributed by atoms with E-state index >= 15 is 0 Å². The van der Waals surface area contributed by atoms with Crippen LogP contribution in [-0.2, 0) is 11.3 Å². The molecule has 4 nitrogen and oxygen atoms in total. The molecule has 1 heterocycles. The Morgan fingerprint density at radius 2 is 2.21 bits per heavy atom. The summed E-state index contributed by atoms with van der Waals surface area (Å²) < 4.78 is 7.13. The van der Waals surface area contributed by atoms with Gasteiger partial charge in [-0.1, -0.05) is 18.2 Å². The van der Waals surface area contributed by atoms with Gasteiger partial charge in [-0.2, -0.15) is 0 Å². The molecule has 0 radical (unpaired) electrons. The molecule has 1 aromatic heterocycles. The van der Waals surface area contributed by atoms with Crippen LogP contribution < -0.4 is 5.32 Å². The monoisotopic (exact) mass is 259 g/mol. The Labute approximate surface area is 114 Å². The van der Waals surface area contributed by atoms with Gasteiger partial charge in [-0.3, -0.25) is 0 Å². The Hall–Kier alpha value is -1.65. The largest absolute Gasteiger partial charge is 0.385 e. The molecule has 0 saturated heterocycles. The van der Waals surface area contributed by atoms with Gasteiger partial charge >= 0.3 is 0 Å². The van der Waals surface area contributed by atoms with E-state index in [1.54, 1.807) is 13.3 Å². The van der Waals surface area contributed by atoms with Crippen LogP contribution in [0.25, 0.3) is 5.69 Å². The molecular formula is C15H21N3O. The van der Waals surface area contributed by atoms with E-state index in [0.717, 1.165) is 19.6 Å². The van der Waals surface area contributed by atoms with E-state index in [-0.39, 0.29) is 0 Å². The van der Waals surface area contributed by atoms with Crippen LogP contribution >= 0.6 is 0 Å². The van der Waals surface area contributed by atoms with Gasteiger partial charge in [0.15, 0.2) is 0 Å². The average molecular weight is 259 g/mol. The summed E-state index contributed by atoms with van der Waals surface area (Å²) in [5.74, 6) is 0. The van der Waals surface area contributed by atoms with Crippen molar-refractivity contribution in [2.75, 3.05) is 13.7 Å². The Balaban J connectivity index is 2.01. The maximum Gasteiger partial charge on any atom is 0.0991 e. The van der Waals surface area contributed by atoms with Crippen molar-refractivity contribution in [3.8, 4) is 5.69 Å². The van der Waals surface area contributed by atoms with Crippen molar-refractivity contribution in [3.05, 3.63) is 48.5 Å². The second-order valence-corrected chi connectivity index (χ2v) is 4.66. The molecule has 102 valence electrons. The second kappa shape index (κ2) is 7.07. The van der Waals surface area contributed by atoms with Crippen LogP contribution in [0.15, 0.2) is 43.0 Å². The molecule has 0 aliphatic heterocycles. The van der Waals surface area contributed by atoms with Gasteiger partial charge in [0.2, 0.25) is 0 Å². The SMILES string of the molecule is COCCC(C)NCc1ccccc1-n1ccnc1. The van der Waals surface area contributed by atoms with Crippen LogP contribution in [-0.4, -0.2) is 29.3 Å². The molecule has 0 aliphatic carbocycles. The fourth-order valence-corrected chi connectivity index (χ4v) is 1.99. The predicted molar refractivity (Wildman–Crippen MR) is 76.4 cm³/mol. The lowest BCUT2D eigenvalue weighted by atomic mass is 10.1. The fourth-order valence-electron chi connectivity index (χ4n) is 1.99. The first-order valence-electron chi connectivity index (χ1n) is 6.60. The molecule has 4 heteroatoms. The van der Waals surface area contributed by atoms with Crippen LogP contribution in [0, 0.1) is 0 Å². The number of aromatic nitrogens is 2. The summed E-state index contributed by atoms with van der Waals surface area (Å²) in [5, 5.41) is 3.52. The van der Waals surface area contributed by atoms with Crippen molar-refractivity contribution >= 4 is 0 Å². The summed E-state index contributed by atoms with van der Waals surface area (Å²) in [6.07, 6.45) is 6.61. The molecule has 0 bridgehead atoms. The Bertz CT molecular complexity index is 482. The van der Waals surface area contributed by atoms with E-state index in [0.29, 0.717) is 6.04 Å². The van der Waals surface area contributed by atoms with Crippen molar-refractivity contribution in [2.24, 2.45) is 0 Å². The molecule has 19 heavy (non-hydrogen) atoms. The lowest BCUT2D eigenvalue weighted by Gasteiger charge is -2.15. The highest BCUT2D eigenvalue weighted by Gasteiger charge is 2.05. The van der Waals surface area contributed by atoms with Crippen LogP contribution in [0.5, 0.6) is 0 Å². The average Bonchev–Trinajstić information content (AvgIpc) is 2.97. The molecule has 1 N–H and O–H groups in total. The Morgan fingerprint density at radius 3 is 2.95 bits per heavy atom. The Morgan fingerprint density at radius 1 is 1.37 bits per heavy atom. The molecule has 2 aromatic rings. The quantitative estimate of drug-likeness (QED) is 0.830. The maximum atomic E-state index is 5.09. The van der Waals surface area contributed by atoms with Crippen molar-refractivity contribution in [1.82, 2.24) is 14.9 Å². The van der Waals surface area contributed by atoms with E-state index in [1.165, 1.54) is 11.3 Å². The van der Waals surface area contributed by atoms with Crippen molar-refractivity contribution in [2.45, 2.75) is 25.9 Å². The first-order valence-corrected chi connectivity index (χ1v) is 6.60. The number of para-hydroxylation sites is 1. The summed E-state index contributed by atoms with van der Waals surface area (Å²) in [6.45, 7) is 3.81. The number of nitrogens with zero attached hydrogens (tertiary/aromatic N) is 2. The molecule has 1 unspecified atom stereocenters. The number of imidazole rings is 1. The summed E-state index contributed by atoms with van der Waals surface area (Å²) in [7, 11) is 1.74. The lowest BCUT2D eigenvalue weighted by molar-refractivity contribution is 0.184. The lowest BCUT2D eigenvalue weighted by Crippen LogP contribution is -2.27. The molecule has 2 rings (SSSR count). The number of benzene rings is 1. The fraction of sp³-hybridized carbons (Fsp3) is 0.400. The van der Waals surface area contributed by atoms with Gasteiger partial charge < -0.3 is 14.6 Å². The summed E-state index contributed by atoms with van der Waals surface area (Å²) in [6, 6.07) is 8.81. The molecule has 0 aliphatic rings. The van der Waals surface area contributed by atoms with Gasteiger partial charge in [0.25, 0.3) is 0 Å². The third kappa shape index (κ3) is 3.91. The number of ether oxygens (including phenoxy) is 1. The first kappa shape index (κ1) is 13.8. The van der Waals surface area contributed by atoms with Crippen LogP contribution in [0.4, 0.5) is 0 Å². The molecular weight excluding hydrogens is 238 g/mol. The number of nitrogens with one attached hydrogen (secondary N) is 1. The normalized spacial score (nSPS) is 12.5. The molecule has 0 saturated carbocycles. The van der Waals surface area contributed by atoms with Gasteiger partial charge in [-0.25, -0.2) is 4.98 Å². The van der Waals surface area contributed by atoms with Crippen molar-refractivity contribution < 1.29 is 4.74 Å². The number of hydrogen-bond acceptors (Lipinski definition) is 3. The molecule has 0 spiro atoms. The van der Waals surface area contributed by atoms with Crippen LogP contribution in [0.1, 0.15) is 18.9 Å². The zero-order chi connectivity index (χ0) is 13.5. The predicted octanol–water partition coefficient (Wildman–Crippen LogP) is 2.39. The third-order valence-corrected chi connectivity index (χ3v) is 3.17. The van der Waals surface area contributed by atoms with E-state index in [9.17, 15) is 0 Å². The summed E-state index contributed by atoms with van der Waals surface area (Å²) in [4.78, 5) is 4.10. The van der Waals surface area contributed by atoms with Gasteiger partial charge in [0.1, 0.15) is 0 Å². The highest BCUT2D eigenvalue weighted by Crippen LogP contribution is 2.14. The minimum atomic E-state index is 0.441. The minimum absolute atomic E-state index is 0.441. The smallest absolute Gasteiger partial charge is 0.0991 e. The van der Waals surface area contributed by atoms with Crippen LogP contribution in [0.2, 0.25) is 0 Å². The summed E-state index contributed by atoms with van der Waals surface area (Å²) >= 11 is 0. The highest BCUT2D eigenvalue weighted by molar-refractivity contribution is 5.40. The molecule has 0 fully saturated rings. The van der Waals surface area contributed by atoms with E-state index in [1.807, 2.05) is 23.2 Å². The number of hydrogen-bond donors (Lipinski definition) is 1. The zero-order valence-electron chi connectivity index (χ0n) is 11.5. The number of methoxy groups -OCH3 is 1. The van der Waals surface area contributed by atoms with E-state index in [4.69, 9.17) is 4.74 Å². The molecule has 1 atom stereocenters. The van der Waals surface area contributed by atoms with Crippen LogP contribution in [0.3, 0.4) is 0 Å². The highest BCUT2D eigenvalue weighted by atomic mass is 16.5. The van der Waals surface area contributed by atoms with Gasteiger partial charge in [-0.15, -0.1) is 0 Å². The minimum Gasteiger partial charge on any atom is -0.385 e. The van der Waals surface area contributed by atoms with Gasteiger partial charge in [0, 0.05) is 38.7 Å². The topological polar surface area (TPSA) is 39.1 Å². The third-order valence-electron chi connectivity index (χ3n) is 3.17. The first-order chi connectivity index (χ1) is 9.31. The van der Waals surface area contributed by atoms with Gasteiger partial charge in [0.05, 0.1) is 12.0 Å². The maximum absolute atomic E-state index is 5.09. The summed E-state index contributed by atoms with van der Waals surface area (Å²) in [5.41, 5.74) is 2.44. The van der Waals surface area contributed by atoms with Crippen molar-refractivity contribution in [3.63, 3.8) is 0 Å². The van der Waals surface area contributed by atoms with Gasteiger partial charge in [-0.05, 0) is 25.0 Å². The van der Waals surface area contributed by atoms with Crippen molar-refractivity contribution in [1.29, 1.82) is 0 Å². The number of rotatable bonds is 7. The Kier molecular flexibility index (Phi) is 5.12. The standard InChI is InChI=1S/C15H21N3O/c1-13(7-10-19-2)17-11-14-5-3-4-6-15(14)18-9-8-16-12-18/h3-6,8-9,12-13,17H,7,10-11H2,1-2H3. The van der Waals surface area contributed by atoms with E-state index < -0.39 is 0 Å². The zero-order valence-corrected chi connectivity index (χ0v) is 11.5. The molecule has 0 amide bonds. The molecule has 1 aromatic carbocycles. The van der Waals surface area contributed by atoms with E-state index in [2.05, 4.69) is 35.4 Å². The second-order valence-electron chi connectivity index (χ2n) is 4.66.